The van der Waals surface area contributed by atoms with Crippen LogP contribution in [-0.4, -0.2) is 54.9 Å². The molecular weight excluding hydrogens is 434 g/mol. The fourth-order valence-corrected chi connectivity index (χ4v) is 3.60. The average Bonchev–Trinajstić information content (AvgIpc) is 2.88. The Kier molecular flexibility index (Phi) is 7.59. The molecule has 176 valence electrons. The van der Waals surface area contributed by atoms with Gasteiger partial charge in [0.05, 0.1) is 29.6 Å². The van der Waals surface area contributed by atoms with Crippen molar-refractivity contribution in [1.29, 1.82) is 0 Å². The van der Waals surface area contributed by atoms with Crippen molar-refractivity contribution in [2.45, 2.75) is 39.0 Å². The monoisotopic (exact) mass is 460 g/mol. The van der Waals surface area contributed by atoms with Crippen molar-refractivity contribution in [3.05, 3.63) is 48.5 Å². The molecule has 0 unspecified atom stereocenters. The van der Waals surface area contributed by atoms with Crippen LogP contribution in [0, 0.1) is 0 Å². The van der Waals surface area contributed by atoms with Crippen LogP contribution in [0.15, 0.2) is 48.5 Å². The zero-order valence-corrected chi connectivity index (χ0v) is 18.5. The Balaban J connectivity index is 1.71. The number of hydrogen-bond donors (Lipinski definition) is 2. The van der Waals surface area contributed by atoms with Crippen molar-refractivity contribution in [2.24, 2.45) is 0 Å². The first kappa shape index (κ1) is 24.1. The third kappa shape index (κ3) is 5.83. The van der Waals surface area contributed by atoms with Crippen LogP contribution in [0.25, 0.3) is 0 Å². The fraction of sp³-hybridized carbons (Fsp3) is 0.348. The van der Waals surface area contributed by atoms with Crippen molar-refractivity contribution >= 4 is 34.8 Å². The number of ether oxygens (including phenoxy) is 1. The molecule has 2 atom stereocenters. The number of carbonyl (C=O) groups excluding carboxylic acids is 3. The number of anilines is 3. The summed E-state index contributed by atoms with van der Waals surface area (Å²) >= 11 is 0. The summed E-state index contributed by atoms with van der Waals surface area (Å²) in [6.45, 7) is 0.261. The number of benzene rings is 2. The number of fused-ring (bicyclic) bond motifs is 1. The minimum atomic E-state index is -3.03. The van der Waals surface area contributed by atoms with E-state index in [0.29, 0.717) is 11.4 Å². The van der Waals surface area contributed by atoms with Crippen molar-refractivity contribution in [3.8, 4) is 5.75 Å². The highest BCUT2D eigenvalue weighted by atomic mass is 19.3. The summed E-state index contributed by atoms with van der Waals surface area (Å²) in [4.78, 5) is 41.2. The Hall–Kier alpha value is -3.53. The van der Waals surface area contributed by atoms with Gasteiger partial charge in [-0.05, 0) is 45.2 Å². The second-order valence-electron chi connectivity index (χ2n) is 7.84. The Labute approximate surface area is 190 Å². The van der Waals surface area contributed by atoms with E-state index >= 15 is 0 Å². The van der Waals surface area contributed by atoms with E-state index in [9.17, 15) is 23.2 Å². The molecule has 0 saturated carbocycles. The van der Waals surface area contributed by atoms with Crippen molar-refractivity contribution in [1.82, 2.24) is 4.90 Å². The minimum Gasteiger partial charge on any atom is -0.433 e. The number of nitrogens with one attached hydrogen (secondary N) is 2. The summed E-state index contributed by atoms with van der Waals surface area (Å²) in [5.74, 6) is -1.11. The van der Waals surface area contributed by atoms with Gasteiger partial charge in [-0.1, -0.05) is 24.3 Å². The van der Waals surface area contributed by atoms with Crippen molar-refractivity contribution in [3.63, 3.8) is 0 Å². The van der Waals surface area contributed by atoms with Crippen LogP contribution in [0.2, 0.25) is 0 Å². The largest absolute Gasteiger partial charge is 0.433 e. The van der Waals surface area contributed by atoms with Gasteiger partial charge in [0.1, 0.15) is 5.75 Å². The number of hydrogen-bond acceptors (Lipinski definition) is 5. The number of carbonyl (C=O) groups is 3. The quantitative estimate of drug-likeness (QED) is 0.662. The molecule has 1 aliphatic heterocycles. The molecule has 1 aliphatic rings. The second-order valence-corrected chi connectivity index (χ2v) is 7.84. The molecule has 33 heavy (non-hydrogen) atoms. The van der Waals surface area contributed by atoms with Gasteiger partial charge in [-0.25, -0.2) is 0 Å². The predicted molar refractivity (Wildman–Crippen MR) is 120 cm³/mol. The summed E-state index contributed by atoms with van der Waals surface area (Å²) in [6.07, 6.45) is 0.140. The first-order valence-electron chi connectivity index (χ1n) is 10.4. The molecule has 1 heterocycles. The molecule has 2 aromatic rings. The second kappa shape index (κ2) is 10.4. The molecule has 3 rings (SSSR count). The standard InChI is InChI=1S/C23H26F2N4O4/c1-14-12-20(30)26-16-8-4-6-10-18(16)29(14)21(31)13-28(3)15(2)22(32)27-17-9-5-7-11-19(17)33-23(24)25/h4-11,14-15,23H,12-13H2,1-3H3,(H,26,30)(H,27,32)/t14-,15+/m1/s1. The van der Waals surface area contributed by atoms with Gasteiger partial charge in [-0.15, -0.1) is 0 Å². The predicted octanol–water partition coefficient (Wildman–Crippen LogP) is 3.31. The van der Waals surface area contributed by atoms with Crippen LogP contribution in [0.5, 0.6) is 5.75 Å². The molecule has 2 aromatic carbocycles. The number of amides is 3. The third-order valence-corrected chi connectivity index (χ3v) is 5.41. The lowest BCUT2D eigenvalue weighted by atomic mass is 10.1. The molecular formula is C23H26F2N4O4. The maximum absolute atomic E-state index is 13.2. The lowest BCUT2D eigenvalue weighted by Crippen LogP contribution is -2.48. The van der Waals surface area contributed by atoms with Gasteiger partial charge in [0, 0.05) is 12.5 Å². The molecule has 0 radical (unpaired) electrons. The highest BCUT2D eigenvalue weighted by molar-refractivity contribution is 6.05. The van der Waals surface area contributed by atoms with Crippen molar-refractivity contribution in [2.75, 3.05) is 29.1 Å². The molecule has 8 nitrogen and oxygen atoms in total. The van der Waals surface area contributed by atoms with Crippen LogP contribution in [0.3, 0.4) is 0 Å². The number of nitrogens with zero attached hydrogens (tertiary/aromatic N) is 2. The first-order chi connectivity index (χ1) is 15.7. The molecule has 0 fully saturated rings. The number of rotatable bonds is 7. The molecule has 0 saturated heterocycles. The van der Waals surface area contributed by atoms with Gasteiger partial charge in [0.15, 0.2) is 0 Å². The van der Waals surface area contributed by atoms with Crippen LogP contribution in [-0.2, 0) is 14.4 Å². The van der Waals surface area contributed by atoms with Gasteiger partial charge >= 0.3 is 6.61 Å². The number of likely N-dealkylation sites (N-methyl/N-ethyl adjacent to an activating group) is 1. The van der Waals surface area contributed by atoms with Gasteiger partial charge in [-0.3, -0.25) is 19.3 Å². The highest BCUT2D eigenvalue weighted by Crippen LogP contribution is 2.31. The van der Waals surface area contributed by atoms with E-state index in [1.54, 1.807) is 61.0 Å². The molecule has 0 spiro atoms. The van der Waals surface area contributed by atoms with E-state index in [0.717, 1.165) is 0 Å². The average molecular weight is 460 g/mol. The molecule has 0 bridgehead atoms. The van der Waals surface area contributed by atoms with Crippen molar-refractivity contribution < 1.29 is 27.9 Å². The van der Waals surface area contributed by atoms with Gasteiger partial charge < -0.3 is 20.3 Å². The van der Waals surface area contributed by atoms with Gasteiger partial charge in [0.25, 0.3) is 0 Å². The van der Waals surface area contributed by atoms with Gasteiger partial charge in [0.2, 0.25) is 17.7 Å². The van der Waals surface area contributed by atoms with Crippen LogP contribution in [0.1, 0.15) is 20.3 Å². The van der Waals surface area contributed by atoms with E-state index in [1.807, 2.05) is 0 Å². The van der Waals surface area contributed by atoms with Crippen LogP contribution >= 0.6 is 0 Å². The maximum atomic E-state index is 13.2. The molecule has 0 aliphatic carbocycles. The van der Waals surface area contributed by atoms with E-state index in [-0.39, 0.29) is 42.3 Å². The first-order valence-corrected chi connectivity index (χ1v) is 10.4. The number of alkyl halides is 2. The van der Waals surface area contributed by atoms with Crippen LogP contribution in [0.4, 0.5) is 25.8 Å². The smallest absolute Gasteiger partial charge is 0.387 e. The lowest BCUT2D eigenvalue weighted by molar-refractivity contribution is -0.123. The number of halogens is 2. The third-order valence-electron chi connectivity index (χ3n) is 5.41. The summed E-state index contributed by atoms with van der Waals surface area (Å²) in [6, 6.07) is 11.8. The summed E-state index contributed by atoms with van der Waals surface area (Å²) in [5, 5.41) is 5.37. The normalized spacial score (nSPS) is 16.6. The maximum Gasteiger partial charge on any atom is 0.387 e. The van der Waals surface area contributed by atoms with Gasteiger partial charge in [-0.2, -0.15) is 8.78 Å². The Morgan fingerprint density at radius 2 is 1.88 bits per heavy atom. The Morgan fingerprint density at radius 1 is 1.21 bits per heavy atom. The Morgan fingerprint density at radius 3 is 2.61 bits per heavy atom. The zero-order valence-electron chi connectivity index (χ0n) is 18.5. The minimum absolute atomic E-state index is 0.101. The zero-order chi connectivity index (χ0) is 24.1. The molecule has 10 heteroatoms. The topological polar surface area (TPSA) is 91.0 Å². The fourth-order valence-electron chi connectivity index (χ4n) is 3.60. The van der Waals surface area contributed by atoms with Crippen LogP contribution < -0.4 is 20.3 Å². The molecule has 2 N–H and O–H groups in total. The molecule has 0 aromatic heterocycles. The summed E-state index contributed by atoms with van der Waals surface area (Å²) < 4.78 is 29.7. The van der Waals surface area contributed by atoms with E-state index in [2.05, 4.69) is 15.4 Å². The summed E-state index contributed by atoms with van der Waals surface area (Å²) in [5.41, 5.74) is 1.24. The van der Waals surface area contributed by atoms with E-state index in [4.69, 9.17) is 0 Å². The number of para-hydroxylation sites is 4. The Bertz CT molecular complexity index is 1030. The SMILES string of the molecule is C[C@@H]1CC(=O)Nc2ccccc2N1C(=O)CN(C)[C@@H](C)C(=O)Nc1ccccc1OC(F)F. The van der Waals surface area contributed by atoms with E-state index < -0.39 is 18.6 Å². The highest BCUT2D eigenvalue weighted by Gasteiger charge is 2.31. The lowest BCUT2D eigenvalue weighted by Gasteiger charge is -2.31. The summed E-state index contributed by atoms with van der Waals surface area (Å²) in [7, 11) is 1.61. The molecule has 3 amide bonds. The van der Waals surface area contributed by atoms with E-state index in [1.165, 1.54) is 18.2 Å².